The van der Waals surface area contributed by atoms with Crippen molar-refractivity contribution in [1.29, 1.82) is 0 Å². The van der Waals surface area contributed by atoms with E-state index in [2.05, 4.69) is 5.32 Å². The fourth-order valence-electron chi connectivity index (χ4n) is 3.34. The van der Waals surface area contributed by atoms with Crippen molar-refractivity contribution in [2.45, 2.75) is 0 Å². The summed E-state index contributed by atoms with van der Waals surface area (Å²) < 4.78 is 16.1. The van der Waals surface area contributed by atoms with Gasteiger partial charge >= 0.3 is 0 Å². The summed E-state index contributed by atoms with van der Waals surface area (Å²) in [5.74, 6) is -0.348. The van der Waals surface area contributed by atoms with E-state index in [-0.39, 0.29) is 43.4 Å². The standard InChI is InChI=1S/C24H16Cl3NO5/c1-31-19-8-7-12(9-15(19)25)21(29)23-20(14-5-3-4-6-18(14)33-23)28-24(30)13-10-16(26)22(32-2)17(27)11-13/h3-11H,1-2H3,(H,28,30). The molecule has 9 heteroatoms. The van der Waals surface area contributed by atoms with Crippen molar-refractivity contribution in [2.75, 3.05) is 19.5 Å². The molecular weight excluding hydrogens is 489 g/mol. The number of carbonyl (C=O) groups excluding carboxylic acids is 2. The molecule has 0 unspecified atom stereocenters. The maximum absolute atomic E-state index is 13.3. The summed E-state index contributed by atoms with van der Waals surface area (Å²) in [7, 11) is 2.90. The molecule has 0 radical (unpaired) electrons. The number of ether oxygens (including phenoxy) is 2. The molecule has 0 aliphatic carbocycles. The summed E-state index contributed by atoms with van der Waals surface area (Å²) >= 11 is 18.5. The maximum atomic E-state index is 13.3. The molecule has 1 heterocycles. The van der Waals surface area contributed by atoms with Gasteiger partial charge in [-0.15, -0.1) is 0 Å². The molecule has 4 rings (SSSR count). The molecule has 0 saturated heterocycles. The van der Waals surface area contributed by atoms with E-state index in [1.807, 2.05) is 0 Å². The molecular formula is C24H16Cl3NO5. The zero-order chi connectivity index (χ0) is 23.7. The summed E-state index contributed by atoms with van der Waals surface area (Å²) in [6.07, 6.45) is 0. The highest BCUT2D eigenvalue weighted by atomic mass is 35.5. The molecule has 0 spiro atoms. The minimum Gasteiger partial charge on any atom is -0.495 e. The number of hydrogen-bond acceptors (Lipinski definition) is 5. The van der Waals surface area contributed by atoms with E-state index in [4.69, 9.17) is 48.7 Å². The highest BCUT2D eigenvalue weighted by Gasteiger charge is 2.25. The minimum atomic E-state index is -0.533. The minimum absolute atomic E-state index is 0.0449. The van der Waals surface area contributed by atoms with Crippen molar-refractivity contribution in [3.05, 3.63) is 86.6 Å². The Morgan fingerprint density at radius 3 is 2.15 bits per heavy atom. The third-order valence-electron chi connectivity index (χ3n) is 4.92. The lowest BCUT2D eigenvalue weighted by molar-refractivity contribution is 0.101. The number of rotatable bonds is 6. The molecule has 0 aliphatic heterocycles. The van der Waals surface area contributed by atoms with Crippen LogP contribution >= 0.6 is 34.8 Å². The number of anilines is 1. The van der Waals surface area contributed by atoms with E-state index in [0.717, 1.165) is 0 Å². The van der Waals surface area contributed by atoms with Crippen molar-refractivity contribution >= 4 is 63.1 Å². The van der Waals surface area contributed by atoms with Gasteiger partial charge in [-0.05, 0) is 42.5 Å². The number of carbonyl (C=O) groups is 2. The predicted octanol–water partition coefficient (Wildman–Crippen LogP) is 6.89. The largest absolute Gasteiger partial charge is 0.495 e. The first-order valence-electron chi connectivity index (χ1n) is 9.58. The van der Waals surface area contributed by atoms with Crippen LogP contribution in [0.15, 0.2) is 59.0 Å². The lowest BCUT2D eigenvalue weighted by Crippen LogP contribution is -2.14. The number of halogens is 3. The first-order chi connectivity index (χ1) is 15.8. The molecule has 0 atom stereocenters. The van der Waals surface area contributed by atoms with E-state index in [0.29, 0.717) is 16.7 Å². The van der Waals surface area contributed by atoms with Gasteiger partial charge in [0.15, 0.2) is 11.5 Å². The van der Waals surface area contributed by atoms with Crippen LogP contribution in [0, 0.1) is 0 Å². The Morgan fingerprint density at radius 1 is 0.848 bits per heavy atom. The second-order valence-corrected chi connectivity index (χ2v) is 8.13. The predicted molar refractivity (Wildman–Crippen MR) is 129 cm³/mol. The van der Waals surface area contributed by atoms with E-state index >= 15 is 0 Å². The average molecular weight is 505 g/mol. The topological polar surface area (TPSA) is 77.8 Å². The Labute approximate surface area is 203 Å². The van der Waals surface area contributed by atoms with Crippen molar-refractivity contribution in [1.82, 2.24) is 0 Å². The van der Waals surface area contributed by atoms with E-state index in [1.165, 1.54) is 32.4 Å². The van der Waals surface area contributed by atoms with Crippen molar-refractivity contribution < 1.29 is 23.5 Å². The first kappa shape index (κ1) is 23.0. The first-order valence-corrected chi connectivity index (χ1v) is 10.7. The molecule has 3 aromatic carbocycles. The number of hydrogen-bond donors (Lipinski definition) is 1. The molecule has 0 saturated carbocycles. The zero-order valence-electron chi connectivity index (χ0n) is 17.4. The molecule has 4 aromatic rings. The van der Waals surface area contributed by atoms with Gasteiger partial charge in [-0.25, -0.2) is 0 Å². The highest BCUT2D eigenvalue weighted by molar-refractivity contribution is 6.38. The second kappa shape index (κ2) is 9.35. The number of amides is 1. The number of para-hydroxylation sites is 1. The van der Waals surface area contributed by atoms with Gasteiger partial charge in [-0.3, -0.25) is 9.59 Å². The maximum Gasteiger partial charge on any atom is 0.255 e. The number of ketones is 1. The molecule has 168 valence electrons. The number of fused-ring (bicyclic) bond motifs is 1. The molecule has 33 heavy (non-hydrogen) atoms. The third-order valence-corrected chi connectivity index (χ3v) is 5.78. The van der Waals surface area contributed by atoms with Crippen LogP contribution in [-0.2, 0) is 0 Å². The lowest BCUT2D eigenvalue weighted by atomic mass is 10.1. The molecule has 0 fully saturated rings. The molecule has 6 nitrogen and oxygen atoms in total. The van der Waals surface area contributed by atoms with Gasteiger partial charge in [0.2, 0.25) is 5.78 Å². The smallest absolute Gasteiger partial charge is 0.255 e. The molecule has 0 aliphatic rings. The molecule has 0 bridgehead atoms. The van der Waals surface area contributed by atoms with Crippen LogP contribution in [0.1, 0.15) is 26.5 Å². The summed E-state index contributed by atoms with van der Waals surface area (Å²) in [4.78, 5) is 26.3. The zero-order valence-corrected chi connectivity index (χ0v) is 19.6. The van der Waals surface area contributed by atoms with E-state index < -0.39 is 11.7 Å². The highest BCUT2D eigenvalue weighted by Crippen LogP contribution is 2.36. The van der Waals surface area contributed by atoms with E-state index in [9.17, 15) is 9.59 Å². The Morgan fingerprint density at radius 2 is 1.52 bits per heavy atom. The Kier molecular flexibility index (Phi) is 6.51. The van der Waals surface area contributed by atoms with Crippen LogP contribution in [0.3, 0.4) is 0 Å². The van der Waals surface area contributed by atoms with Crippen LogP contribution in [0.25, 0.3) is 11.0 Å². The van der Waals surface area contributed by atoms with Gasteiger partial charge in [0.1, 0.15) is 11.3 Å². The summed E-state index contributed by atoms with van der Waals surface area (Å²) in [6.45, 7) is 0. The Bertz CT molecular complexity index is 1370. The number of nitrogens with one attached hydrogen (secondary N) is 1. The average Bonchev–Trinajstić information content (AvgIpc) is 3.16. The van der Waals surface area contributed by atoms with Gasteiger partial charge in [-0.2, -0.15) is 0 Å². The number of methoxy groups -OCH3 is 2. The van der Waals surface area contributed by atoms with Crippen LogP contribution in [0.4, 0.5) is 5.69 Å². The van der Waals surface area contributed by atoms with Gasteiger partial charge in [0, 0.05) is 16.5 Å². The fourth-order valence-corrected chi connectivity index (χ4v) is 4.24. The quantitative estimate of drug-likeness (QED) is 0.289. The van der Waals surface area contributed by atoms with Crippen LogP contribution < -0.4 is 14.8 Å². The molecule has 1 N–H and O–H groups in total. The van der Waals surface area contributed by atoms with Crippen molar-refractivity contribution in [3.63, 3.8) is 0 Å². The molecule has 1 amide bonds. The number of furan rings is 1. The number of benzene rings is 3. The third kappa shape index (κ3) is 4.37. The van der Waals surface area contributed by atoms with Crippen LogP contribution in [0.2, 0.25) is 15.1 Å². The second-order valence-electron chi connectivity index (χ2n) is 6.91. The van der Waals surface area contributed by atoms with Crippen molar-refractivity contribution in [3.8, 4) is 11.5 Å². The monoisotopic (exact) mass is 503 g/mol. The fraction of sp³-hybridized carbons (Fsp3) is 0.0833. The van der Waals surface area contributed by atoms with Gasteiger partial charge < -0.3 is 19.2 Å². The van der Waals surface area contributed by atoms with Gasteiger partial charge in [-0.1, -0.05) is 46.9 Å². The van der Waals surface area contributed by atoms with Crippen LogP contribution in [-0.4, -0.2) is 25.9 Å². The summed E-state index contributed by atoms with van der Waals surface area (Å²) in [5.41, 5.74) is 1.10. The Hall–Kier alpha value is -3.19. The Balaban J connectivity index is 1.77. The normalized spacial score (nSPS) is 10.8. The van der Waals surface area contributed by atoms with Gasteiger partial charge in [0.05, 0.1) is 35.0 Å². The summed E-state index contributed by atoms with van der Waals surface area (Å²) in [6, 6.07) is 14.4. The summed E-state index contributed by atoms with van der Waals surface area (Å²) in [5, 5.41) is 3.94. The van der Waals surface area contributed by atoms with Crippen LogP contribution in [0.5, 0.6) is 11.5 Å². The van der Waals surface area contributed by atoms with Gasteiger partial charge in [0.25, 0.3) is 5.91 Å². The van der Waals surface area contributed by atoms with E-state index in [1.54, 1.807) is 36.4 Å². The van der Waals surface area contributed by atoms with Crippen molar-refractivity contribution in [2.24, 2.45) is 0 Å². The molecule has 1 aromatic heterocycles. The SMILES string of the molecule is COc1ccc(C(=O)c2oc3ccccc3c2NC(=O)c2cc(Cl)c(OC)c(Cl)c2)cc1Cl. The lowest BCUT2D eigenvalue weighted by Gasteiger charge is -2.10.